The molecule has 0 aliphatic heterocycles. The van der Waals surface area contributed by atoms with Gasteiger partial charge >= 0.3 is 0 Å². The smallest absolute Gasteiger partial charge is 0.0343 e. The van der Waals surface area contributed by atoms with Crippen LogP contribution < -0.4 is 5.73 Å². The first kappa shape index (κ1) is 19.0. The van der Waals surface area contributed by atoms with Gasteiger partial charge in [0.1, 0.15) is 0 Å². The van der Waals surface area contributed by atoms with E-state index >= 15 is 0 Å². The minimum Gasteiger partial charge on any atom is -0.399 e. The molecular formula is C22H36N2. The lowest BCUT2D eigenvalue weighted by molar-refractivity contribution is 0.0518. The molecule has 2 heteroatoms. The number of anilines is 1. The zero-order valence-corrected chi connectivity index (χ0v) is 16.3. The quantitative estimate of drug-likeness (QED) is 0.433. The predicted octanol–water partition coefficient (Wildman–Crippen LogP) is 6.20. The van der Waals surface area contributed by atoms with E-state index in [1.807, 2.05) is 6.07 Å². The van der Waals surface area contributed by atoms with Crippen molar-refractivity contribution >= 4 is 11.4 Å². The molecular weight excluding hydrogens is 292 g/mol. The molecule has 0 radical (unpaired) electrons. The third-order valence-electron chi connectivity index (χ3n) is 6.48. The van der Waals surface area contributed by atoms with Crippen LogP contribution in [0.5, 0.6) is 0 Å². The maximum absolute atomic E-state index is 9.04. The molecule has 0 bridgehead atoms. The summed E-state index contributed by atoms with van der Waals surface area (Å²) in [4.78, 5) is 0. The topological polar surface area (TPSA) is 49.9 Å². The number of benzene rings is 1. The zero-order chi connectivity index (χ0) is 18.0. The summed E-state index contributed by atoms with van der Waals surface area (Å²) < 4.78 is 0. The van der Waals surface area contributed by atoms with E-state index in [1.54, 1.807) is 0 Å². The number of nitrogens with one attached hydrogen (secondary N) is 1. The van der Waals surface area contributed by atoms with Crippen LogP contribution in [0, 0.1) is 22.7 Å². The van der Waals surface area contributed by atoms with Crippen LogP contribution in [0.1, 0.15) is 78.7 Å². The molecule has 2 rings (SSSR count). The first-order valence-corrected chi connectivity index (χ1v) is 9.73. The van der Waals surface area contributed by atoms with E-state index < -0.39 is 0 Å². The van der Waals surface area contributed by atoms with Gasteiger partial charge in [-0.3, -0.25) is 0 Å². The van der Waals surface area contributed by atoms with E-state index in [-0.39, 0.29) is 5.41 Å². The molecule has 3 N–H and O–H groups in total. The Kier molecular flexibility index (Phi) is 5.78. The van der Waals surface area contributed by atoms with Crippen molar-refractivity contribution in [1.29, 1.82) is 5.41 Å². The van der Waals surface area contributed by atoms with E-state index in [9.17, 15) is 0 Å². The van der Waals surface area contributed by atoms with Crippen LogP contribution in [-0.4, -0.2) is 5.71 Å². The summed E-state index contributed by atoms with van der Waals surface area (Å²) in [6.45, 7) is 11.4. The maximum Gasteiger partial charge on any atom is 0.0343 e. The second-order valence-electron chi connectivity index (χ2n) is 8.55. The van der Waals surface area contributed by atoms with Gasteiger partial charge in [0.25, 0.3) is 0 Å². The number of nitrogen functional groups attached to an aromatic ring is 1. The SMILES string of the molecule is CCC1(CC)CC(C(=N)C(C)CCC(C)C)(c2cccc(N)c2)C1. The predicted molar refractivity (Wildman–Crippen MR) is 106 cm³/mol. The van der Waals surface area contributed by atoms with Crippen LogP contribution in [0.3, 0.4) is 0 Å². The highest BCUT2D eigenvalue weighted by molar-refractivity contribution is 5.95. The van der Waals surface area contributed by atoms with E-state index in [0.717, 1.165) is 30.7 Å². The Balaban J connectivity index is 2.30. The Labute approximate surface area is 148 Å². The molecule has 134 valence electrons. The summed E-state index contributed by atoms with van der Waals surface area (Å²) in [6.07, 6.45) is 6.96. The van der Waals surface area contributed by atoms with E-state index in [1.165, 1.54) is 24.8 Å². The lowest BCUT2D eigenvalue weighted by Crippen LogP contribution is -2.55. The fourth-order valence-corrected chi connectivity index (χ4v) is 4.56. The molecule has 1 aromatic carbocycles. The van der Waals surface area contributed by atoms with E-state index in [2.05, 4.69) is 52.8 Å². The average molecular weight is 329 g/mol. The van der Waals surface area contributed by atoms with Gasteiger partial charge in [0.2, 0.25) is 0 Å². The second-order valence-corrected chi connectivity index (χ2v) is 8.55. The van der Waals surface area contributed by atoms with Crippen molar-refractivity contribution in [3.05, 3.63) is 29.8 Å². The molecule has 1 unspecified atom stereocenters. The van der Waals surface area contributed by atoms with Crippen LogP contribution in [-0.2, 0) is 5.41 Å². The minimum absolute atomic E-state index is 0.0855. The third-order valence-corrected chi connectivity index (χ3v) is 6.48. The standard InChI is InChI=1S/C22H36N2/c1-6-21(7-2)14-22(15-21,18-9-8-10-19(23)13-18)20(24)17(5)12-11-16(3)4/h8-10,13,16-17,24H,6-7,11-12,14-15,23H2,1-5H3. The molecule has 0 saturated heterocycles. The van der Waals surface area contributed by atoms with Crippen molar-refractivity contribution in [2.75, 3.05) is 5.73 Å². The molecule has 24 heavy (non-hydrogen) atoms. The van der Waals surface area contributed by atoms with E-state index in [4.69, 9.17) is 11.1 Å². The lowest BCUT2D eigenvalue weighted by Gasteiger charge is -2.58. The van der Waals surface area contributed by atoms with Crippen LogP contribution in [0.4, 0.5) is 5.69 Å². The molecule has 1 aromatic rings. The van der Waals surface area contributed by atoms with Gasteiger partial charge in [-0.15, -0.1) is 0 Å². The highest BCUT2D eigenvalue weighted by Crippen LogP contribution is 2.60. The molecule has 0 spiro atoms. The lowest BCUT2D eigenvalue weighted by atomic mass is 9.46. The Morgan fingerprint density at radius 1 is 1.12 bits per heavy atom. The van der Waals surface area contributed by atoms with Gasteiger partial charge in [-0.05, 0) is 54.2 Å². The van der Waals surface area contributed by atoms with Crippen molar-refractivity contribution in [3.63, 3.8) is 0 Å². The Morgan fingerprint density at radius 3 is 2.25 bits per heavy atom. The van der Waals surface area contributed by atoms with Crippen molar-refractivity contribution < 1.29 is 0 Å². The zero-order valence-electron chi connectivity index (χ0n) is 16.3. The first-order valence-electron chi connectivity index (χ1n) is 9.73. The summed E-state index contributed by atoms with van der Waals surface area (Å²) in [5.41, 5.74) is 9.42. The highest BCUT2D eigenvalue weighted by atomic mass is 14.7. The van der Waals surface area contributed by atoms with Crippen LogP contribution >= 0.6 is 0 Å². The van der Waals surface area contributed by atoms with Gasteiger partial charge in [-0.1, -0.05) is 66.0 Å². The molecule has 1 fully saturated rings. The molecule has 2 nitrogen and oxygen atoms in total. The Bertz CT molecular complexity index is 561. The summed E-state index contributed by atoms with van der Waals surface area (Å²) >= 11 is 0. The van der Waals surface area contributed by atoms with Crippen LogP contribution in [0.25, 0.3) is 0 Å². The molecule has 1 atom stereocenters. The van der Waals surface area contributed by atoms with Crippen molar-refractivity contribution in [3.8, 4) is 0 Å². The van der Waals surface area contributed by atoms with Gasteiger partial charge in [0.05, 0.1) is 0 Å². The number of hydrogen-bond acceptors (Lipinski definition) is 2. The first-order chi connectivity index (χ1) is 11.3. The van der Waals surface area contributed by atoms with Gasteiger partial charge < -0.3 is 11.1 Å². The largest absolute Gasteiger partial charge is 0.399 e. The molecule has 1 aliphatic rings. The van der Waals surface area contributed by atoms with E-state index in [0.29, 0.717) is 17.3 Å². The summed E-state index contributed by atoms with van der Waals surface area (Å²) in [6, 6.07) is 8.30. The Morgan fingerprint density at radius 2 is 1.75 bits per heavy atom. The number of rotatable bonds is 8. The van der Waals surface area contributed by atoms with Gasteiger partial charge in [-0.2, -0.15) is 0 Å². The summed E-state index contributed by atoms with van der Waals surface area (Å²) in [7, 11) is 0. The van der Waals surface area contributed by atoms with Crippen molar-refractivity contribution in [2.45, 2.75) is 78.6 Å². The van der Waals surface area contributed by atoms with Crippen LogP contribution in [0.2, 0.25) is 0 Å². The maximum atomic E-state index is 9.04. The second kappa shape index (κ2) is 7.29. The third kappa shape index (κ3) is 3.53. The fourth-order valence-electron chi connectivity index (χ4n) is 4.56. The minimum atomic E-state index is -0.0855. The molecule has 1 aliphatic carbocycles. The molecule has 0 aromatic heterocycles. The molecule has 0 amide bonds. The number of nitrogens with two attached hydrogens (primary N) is 1. The van der Waals surface area contributed by atoms with Crippen molar-refractivity contribution in [1.82, 2.24) is 0 Å². The van der Waals surface area contributed by atoms with Gasteiger partial charge in [0, 0.05) is 16.8 Å². The normalized spacial score (nSPS) is 19.8. The summed E-state index contributed by atoms with van der Waals surface area (Å²) in [5.74, 6) is 1.05. The molecule has 1 saturated carbocycles. The van der Waals surface area contributed by atoms with Crippen molar-refractivity contribution in [2.24, 2.45) is 17.3 Å². The number of hydrogen-bond donors (Lipinski definition) is 2. The Hall–Kier alpha value is -1.31. The highest BCUT2D eigenvalue weighted by Gasteiger charge is 2.56. The fraction of sp³-hybridized carbons (Fsp3) is 0.682. The van der Waals surface area contributed by atoms with Gasteiger partial charge in [-0.25, -0.2) is 0 Å². The monoisotopic (exact) mass is 328 g/mol. The summed E-state index contributed by atoms with van der Waals surface area (Å²) in [5, 5.41) is 9.04. The van der Waals surface area contributed by atoms with Gasteiger partial charge in [0.15, 0.2) is 0 Å². The van der Waals surface area contributed by atoms with Crippen LogP contribution in [0.15, 0.2) is 24.3 Å². The average Bonchev–Trinajstić information content (AvgIpc) is 2.52. The molecule has 0 heterocycles.